The van der Waals surface area contributed by atoms with Crippen LogP contribution >= 0.6 is 0 Å². The van der Waals surface area contributed by atoms with Crippen LogP contribution in [0.15, 0.2) is 24.4 Å². The van der Waals surface area contributed by atoms with Crippen LogP contribution in [0.5, 0.6) is 11.5 Å². The maximum absolute atomic E-state index is 12.0. The van der Waals surface area contributed by atoms with Crippen molar-refractivity contribution in [1.82, 2.24) is 20.4 Å². The maximum Gasteiger partial charge on any atom is 0.315 e. The van der Waals surface area contributed by atoms with Gasteiger partial charge in [0.25, 0.3) is 0 Å². The predicted molar refractivity (Wildman–Crippen MR) is 84.3 cm³/mol. The molecule has 1 aromatic carbocycles. The summed E-state index contributed by atoms with van der Waals surface area (Å²) in [5.41, 5.74) is 2.99. The van der Waals surface area contributed by atoms with Gasteiger partial charge in [-0.2, -0.15) is 5.10 Å². The third-order valence-corrected chi connectivity index (χ3v) is 3.98. The Morgan fingerprint density at radius 1 is 1.39 bits per heavy atom. The van der Waals surface area contributed by atoms with Crippen molar-refractivity contribution in [3.05, 3.63) is 41.2 Å². The number of rotatable bonds is 4. The molecule has 1 aliphatic heterocycles. The fraction of sp³-hybridized carbons (Fsp3) is 0.375. The second-order valence-corrected chi connectivity index (χ2v) is 5.55. The van der Waals surface area contributed by atoms with E-state index in [9.17, 15) is 4.79 Å². The molecule has 2 amide bonds. The number of nitrogens with one attached hydrogen (secondary N) is 2. The molecule has 1 aliphatic rings. The van der Waals surface area contributed by atoms with E-state index in [-0.39, 0.29) is 18.9 Å². The van der Waals surface area contributed by atoms with E-state index in [0.717, 1.165) is 22.6 Å². The summed E-state index contributed by atoms with van der Waals surface area (Å²) in [7, 11) is 1.88. The van der Waals surface area contributed by atoms with Crippen LogP contribution in [0, 0.1) is 6.92 Å². The molecule has 23 heavy (non-hydrogen) atoms. The number of aromatic nitrogens is 2. The zero-order valence-electron chi connectivity index (χ0n) is 13.4. The quantitative estimate of drug-likeness (QED) is 0.904. The minimum absolute atomic E-state index is 0.111. The summed E-state index contributed by atoms with van der Waals surface area (Å²) in [5, 5.41) is 9.95. The van der Waals surface area contributed by atoms with Gasteiger partial charge in [-0.05, 0) is 31.5 Å². The SMILES string of the molecule is Cc1c(C(C)NC(=O)NCc2ccc3c(c2)OCO3)cnn1C. The molecule has 1 aromatic heterocycles. The van der Waals surface area contributed by atoms with Crippen LogP contribution in [-0.2, 0) is 13.6 Å². The molecule has 122 valence electrons. The number of urea groups is 1. The lowest BCUT2D eigenvalue weighted by Gasteiger charge is -2.14. The van der Waals surface area contributed by atoms with E-state index in [0.29, 0.717) is 12.3 Å². The first-order valence-corrected chi connectivity index (χ1v) is 7.46. The minimum Gasteiger partial charge on any atom is -0.454 e. The Bertz CT molecular complexity index is 726. The van der Waals surface area contributed by atoms with Crippen LogP contribution in [0.4, 0.5) is 4.79 Å². The number of hydrogen-bond donors (Lipinski definition) is 2. The van der Waals surface area contributed by atoms with Gasteiger partial charge >= 0.3 is 6.03 Å². The Hall–Kier alpha value is -2.70. The highest BCUT2D eigenvalue weighted by Crippen LogP contribution is 2.32. The molecule has 7 heteroatoms. The van der Waals surface area contributed by atoms with E-state index in [2.05, 4.69) is 15.7 Å². The van der Waals surface area contributed by atoms with Gasteiger partial charge in [-0.3, -0.25) is 4.68 Å². The monoisotopic (exact) mass is 316 g/mol. The van der Waals surface area contributed by atoms with Crippen LogP contribution in [0.3, 0.4) is 0 Å². The Morgan fingerprint density at radius 3 is 2.91 bits per heavy atom. The first-order valence-electron chi connectivity index (χ1n) is 7.46. The zero-order valence-corrected chi connectivity index (χ0v) is 13.4. The van der Waals surface area contributed by atoms with E-state index < -0.39 is 0 Å². The molecule has 0 saturated heterocycles. The molecule has 7 nitrogen and oxygen atoms in total. The van der Waals surface area contributed by atoms with Crippen LogP contribution in [-0.4, -0.2) is 22.6 Å². The van der Waals surface area contributed by atoms with E-state index in [4.69, 9.17) is 9.47 Å². The lowest BCUT2D eigenvalue weighted by molar-refractivity contribution is 0.174. The standard InChI is InChI=1S/C16H20N4O3/c1-10(13-8-18-20(3)11(13)2)19-16(21)17-7-12-4-5-14-15(6-12)23-9-22-14/h4-6,8,10H,7,9H2,1-3H3,(H2,17,19,21). The summed E-state index contributed by atoms with van der Waals surface area (Å²) >= 11 is 0. The molecule has 0 radical (unpaired) electrons. The highest BCUT2D eigenvalue weighted by molar-refractivity contribution is 5.74. The van der Waals surface area contributed by atoms with Gasteiger partial charge in [0.2, 0.25) is 6.79 Å². The first-order chi connectivity index (χ1) is 11.0. The maximum atomic E-state index is 12.0. The molecule has 3 rings (SSSR count). The van der Waals surface area contributed by atoms with E-state index in [1.807, 2.05) is 39.1 Å². The highest BCUT2D eigenvalue weighted by Gasteiger charge is 2.15. The van der Waals surface area contributed by atoms with Gasteiger partial charge in [-0.15, -0.1) is 0 Å². The molecule has 2 aromatic rings. The van der Waals surface area contributed by atoms with E-state index in [1.165, 1.54) is 0 Å². The average molecular weight is 316 g/mol. The Labute approximate surface area is 134 Å². The summed E-state index contributed by atoms with van der Waals surface area (Å²) in [6.45, 7) is 4.57. The normalized spacial score (nSPS) is 13.7. The van der Waals surface area contributed by atoms with Crippen molar-refractivity contribution in [3.63, 3.8) is 0 Å². The van der Waals surface area contributed by atoms with Crippen LogP contribution in [0.2, 0.25) is 0 Å². The van der Waals surface area contributed by atoms with E-state index >= 15 is 0 Å². The number of amides is 2. The van der Waals surface area contributed by atoms with Gasteiger partial charge in [0.15, 0.2) is 11.5 Å². The molecule has 1 atom stereocenters. The largest absolute Gasteiger partial charge is 0.454 e. The van der Waals surface area contributed by atoms with Crippen molar-refractivity contribution in [2.75, 3.05) is 6.79 Å². The third kappa shape index (κ3) is 3.23. The van der Waals surface area contributed by atoms with Gasteiger partial charge in [-0.25, -0.2) is 4.79 Å². The van der Waals surface area contributed by atoms with Crippen molar-refractivity contribution in [2.45, 2.75) is 26.4 Å². The van der Waals surface area contributed by atoms with Crippen LogP contribution in [0.25, 0.3) is 0 Å². The van der Waals surface area contributed by atoms with Crippen molar-refractivity contribution >= 4 is 6.03 Å². The highest BCUT2D eigenvalue weighted by atomic mass is 16.7. The first kappa shape index (κ1) is 15.2. The van der Waals surface area contributed by atoms with Crippen molar-refractivity contribution in [3.8, 4) is 11.5 Å². The second kappa shape index (κ2) is 6.20. The third-order valence-electron chi connectivity index (χ3n) is 3.98. The number of carbonyl (C=O) groups is 1. The summed E-state index contributed by atoms with van der Waals surface area (Å²) in [6, 6.07) is 5.29. The van der Waals surface area contributed by atoms with Gasteiger partial charge in [0.1, 0.15) is 0 Å². The summed E-state index contributed by atoms with van der Waals surface area (Å²) in [4.78, 5) is 12.0. The van der Waals surface area contributed by atoms with Crippen molar-refractivity contribution < 1.29 is 14.3 Å². The smallest absolute Gasteiger partial charge is 0.315 e. The Kier molecular flexibility index (Phi) is 4.10. The number of benzene rings is 1. The minimum atomic E-state index is -0.224. The zero-order chi connectivity index (χ0) is 16.4. The summed E-state index contributed by atoms with van der Waals surface area (Å²) in [6.07, 6.45) is 1.78. The molecular weight excluding hydrogens is 296 g/mol. The van der Waals surface area contributed by atoms with Gasteiger partial charge in [0.05, 0.1) is 12.2 Å². The van der Waals surface area contributed by atoms with E-state index in [1.54, 1.807) is 10.9 Å². The molecule has 1 unspecified atom stereocenters. The van der Waals surface area contributed by atoms with Crippen molar-refractivity contribution in [2.24, 2.45) is 7.05 Å². The molecular formula is C16H20N4O3. The van der Waals surface area contributed by atoms with Crippen LogP contribution < -0.4 is 20.1 Å². The molecule has 0 spiro atoms. The summed E-state index contributed by atoms with van der Waals surface area (Å²) < 4.78 is 12.4. The number of fused-ring (bicyclic) bond motifs is 1. The molecule has 0 fully saturated rings. The van der Waals surface area contributed by atoms with Gasteiger partial charge in [0, 0.05) is 24.8 Å². The van der Waals surface area contributed by atoms with Crippen molar-refractivity contribution in [1.29, 1.82) is 0 Å². The summed E-state index contributed by atoms with van der Waals surface area (Å²) in [5.74, 6) is 1.45. The second-order valence-electron chi connectivity index (χ2n) is 5.55. The number of nitrogens with zero attached hydrogens (tertiary/aromatic N) is 2. The number of hydrogen-bond acceptors (Lipinski definition) is 4. The van der Waals surface area contributed by atoms with Gasteiger partial charge in [-0.1, -0.05) is 6.07 Å². The molecule has 0 bridgehead atoms. The van der Waals surface area contributed by atoms with Crippen LogP contribution in [0.1, 0.15) is 29.8 Å². The number of aryl methyl sites for hydroxylation is 1. The fourth-order valence-corrected chi connectivity index (χ4v) is 2.50. The molecule has 2 N–H and O–H groups in total. The molecule has 0 aliphatic carbocycles. The Balaban J connectivity index is 1.54. The average Bonchev–Trinajstić information content (AvgIpc) is 3.12. The molecule has 2 heterocycles. The lowest BCUT2D eigenvalue weighted by atomic mass is 10.1. The number of carbonyl (C=O) groups excluding carboxylic acids is 1. The number of ether oxygens (including phenoxy) is 2. The lowest BCUT2D eigenvalue weighted by Crippen LogP contribution is -2.36. The topological polar surface area (TPSA) is 77.4 Å². The Morgan fingerprint density at radius 2 is 2.17 bits per heavy atom. The van der Waals surface area contributed by atoms with Gasteiger partial charge < -0.3 is 20.1 Å². The predicted octanol–water partition coefficient (Wildman–Crippen LogP) is 2.02. The fourth-order valence-electron chi connectivity index (χ4n) is 2.50. The molecule has 0 saturated carbocycles.